The van der Waals surface area contributed by atoms with Gasteiger partial charge in [0.25, 0.3) is 0 Å². The van der Waals surface area contributed by atoms with E-state index in [1.54, 1.807) is 55.4 Å². The van der Waals surface area contributed by atoms with Crippen LogP contribution in [0, 0.1) is 23.7 Å². The van der Waals surface area contributed by atoms with Gasteiger partial charge in [0.15, 0.2) is 0 Å². The van der Waals surface area contributed by atoms with Crippen molar-refractivity contribution in [3.63, 3.8) is 0 Å². The summed E-state index contributed by atoms with van der Waals surface area (Å²) in [6.45, 7) is 19.3. The van der Waals surface area contributed by atoms with Gasteiger partial charge in [-0.1, -0.05) is 55.4 Å². The number of Topliss-reactive ketones (excluding diaryl/α,β-unsaturated/α-hetero) is 2. The van der Waals surface area contributed by atoms with E-state index >= 15 is 0 Å². The average Bonchev–Trinajstić information content (AvgIpc) is 2.65. The van der Waals surface area contributed by atoms with Crippen LogP contribution in [0.4, 0.5) is 0 Å². The lowest BCUT2D eigenvalue weighted by atomic mass is 9.98. The molecule has 0 fully saturated rings. The Kier molecular flexibility index (Phi) is 16.1. The maximum atomic E-state index is 11.1. The van der Waals surface area contributed by atoms with Gasteiger partial charge in [-0.3, -0.25) is 19.2 Å². The molecule has 0 saturated heterocycles. The first kappa shape index (κ1) is 35.2. The average molecular weight is 499 g/mol. The molecule has 0 aromatic rings. The zero-order valence-corrected chi connectivity index (χ0v) is 23.2. The van der Waals surface area contributed by atoms with Gasteiger partial charge in [-0.2, -0.15) is 0 Å². The first-order valence-electron chi connectivity index (χ1n) is 10.7. The molecule has 0 N–H and O–H groups in total. The topological polar surface area (TPSA) is 137 Å². The molecule has 0 aromatic carbocycles. The summed E-state index contributed by atoms with van der Waals surface area (Å²) < 4.78 is 44.5. The molecule has 0 aliphatic carbocycles. The van der Waals surface area contributed by atoms with Gasteiger partial charge in [-0.05, 0) is 27.7 Å². The number of sulfone groups is 2. The predicted molar refractivity (Wildman–Crippen MR) is 127 cm³/mol. The highest BCUT2D eigenvalue weighted by Gasteiger charge is 2.28. The van der Waals surface area contributed by atoms with Crippen molar-refractivity contribution >= 4 is 41.5 Å². The lowest BCUT2D eigenvalue weighted by molar-refractivity contribution is -0.140. The first-order valence-corrected chi connectivity index (χ1v) is 13.8. The molecule has 32 heavy (non-hydrogen) atoms. The van der Waals surface area contributed by atoms with E-state index in [4.69, 9.17) is 0 Å². The fourth-order valence-corrected chi connectivity index (χ4v) is 3.93. The Morgan fingerprint density at radius 3 is 0.656 bits per heavy atom. The Hall–Kier alpha value is -1.42. The third-order valence-corrected chi connectivity index (χ3v) is 8.58. The lowest BCUT2D eigenvalue weighted by Crippen LogP contribution is -2.27. The van der Waals surface area contributed by atoms with Crippen molar-refractivity contribution in [1.82, 2.24) is 0 Å². The summed E-state index contributed by atoms with van der Waals surface area (Å²) in [6, 6.07) is 0. The molecule has 0 amide bonds. The molecule has 0 rings (SSSR count). The summed E-state index contributed by atoms with van der Waals surface area (Å²) in [5.41, 5.74) is 0. The molecule has 0 heterocycles. The molecule has 190 valence electrons. The summed E-state index contributed by atoms with van der Waals surface area (Å²) in [6.07, 6.45) is 0. The Bertz CT molecular complexity index is 772. The van der Waals surface area contributed by atoms with Crippen LogP contribution in [0.5, 0.6) is 0 Å². The molecule has 0 aliphatic rings. The number of ketones is 2. The van der Waals surface area contributed by atoms with Gasteiger partial charge in [0.1, 0.15) is 0 Å². The molecule has 0 atom stereocenters. The van der Waals surface area contributed by atoms with Crippen LogP contribution >= 0.6 is 0 Å². The molecule has 10 heteroatoms. The lowest BCUT2D eigenvalue weighted by Gasteiger charge is -2.07. The molecular formula is C22H42O8S2. The van der Waals surface area contributed by atoms with Crippen molar-refractivity contribution in [2.75, 3.05) is 0 Å². The van der Waals surface area contributed by atoms with Gasteiger partial charge >= 0.3 is 0 Å². The largest absolute Gasteiger partial charge is 0.291 e. The van der Waals surface area contributed by atoms with Crippen molar-refractivity contribution in [2.45, 2.75) is 93.6 Å². The summed E-state index contributed by atoms with van der Waals surface area (Å²) in [7, 11) is -7.03. The van der Waals surface area contributed by atoms with Crippen LogP contribution in [-0.4, -0.2) is 49.1 Å². The quantitative estimate of drug-likeness (QED) is 0.487. The minimum Gasteiger partial charge on any atom is -0.291 e. The van der Waals surface area contributed by atoms with Crippen LogP contribution in [0.15, 0.2) is 0 Å². The van der Waals surface area contributed by atoms with Gasteiger partial charge in [0.2, 0.25) is 41.5 Å². The summed E-state index contributed by atoms with van der Waals surface area (Å²) >= 11 is 0. The first-order chi connectivity index (χ1) is 14.1. The van der Waals surface area contributed by atoms with Gasteiger partial charge < -0.3 is 0 Å². The second kappa shape index (κ2) is 14.7. The predicted octanol–water partition coefficient (Wildman–Crippen LogP) is 3.42. The summed E-state index contributed by atoms with van der Waals surface area (Å²) in [5, 5.41) is -2.52. The molecule has 0 aliphatic heterocycles. The van der Waals surface area contributed by atoms with Crippen molar-refractivity contribution in [2.24, 2.45) is 23.7 Å². The Morgan fingerprint density at radius 2 is 0.594 bits per heavy atom. The Labute approximate surface area is 194 Å². The van der Waals surface area contributed by atoms with Crippen LogP contribution < -0.4 is 0 Å². The zero-order chi connectivity index (χ0) is 26.8. The van der Waals surface area contributed by atoms with E-state index in [2.05, 4.69) is 0 Å². The monoisotopic (exact) mass is 498 g/mol. The highest BCUT2D eigenvalue weighted by atomic mass is 32.2. The van der Waals surface area contributed by atoms with E-state index in [1.165, 1.54) is 27.7 Å². The Morgan fingerprint density at radius 1 is 0.406 bits per heavy atom. The third kappa shape index (κ3) is 12.0. The molecule has 0 aromatic heterocycles. The Balaban J connectivity index is -0.000000395. The summed E-state index contributed by atoms with van der Waals surface area (Å²) in [5.74, 6) is -1.68. The highest BCUT2D eigenvalue weighted by Crippen LogP contribution is 2.09. The number of carbonyl (C=O) groups is 4. The van der Waals surface area contributed by atoms with Crippen LogP contribution in [0.25, 0.3) is 0 Å². The van der Waals surface area contributed by atoms with E-state index in [1.807, 2.05) is 0 Å². The van der Waals surface area contributed by atoms with Crippen molar-refractivity contribution in [1.29, 1.82) is 0 Å². The molecule has 8 nitrogen and oxygen atoms in total. The minimum atomic E-state index is -3.52. The van der Waals surface area contributed by atoms with Crippen LogP contribution in [-0.2, 0) is 38.9 Å². The van der Waals surface area contributed by atoms with E-state index in [-0.39, 0.29) is 23.4 Å². The molecule has 0 bridgehead atoms. The number of rotatable bonds is 7. The van der Waals surface area contributed by atoms with Gasteiger partial charge in [-0.15, -0.1) is 0 Å². The highest BCUT2D eigenvalue weighted by molar-refractivity contribution is 8.06. The van der Waals surface area contributed by atoms with Crippen LogP contribution in [0.1, 0.15) is 83.1 Å². The fraction of sp³-hybridized carbons (Fsp3) is 0.818. The summed E-state index contributed by atoms with van der Waals surface area (Å²) in [4.78, 5) is 43.9. The fourth-order valence-electron chi connectivity index (χ4n) is 1.69. The minimum absolute atomic E-state index is 0.157. The molecule has 0 saturated carbocycles. The zero-order valence-electron chi connectivity index (χ0n) is 21.5. The number of carbonyl (C=O) groups excluding carboxylic acids is 4. The van der Waals surface area contributed by atoms with E-state index in [0.29, 0.717) is 0 Å². The van der Waals surface area contributed by atoms with Crippen molar-refractivity contribution in [3.05, 3.63) is 0 Å². The second-order valence-corrected chi connectivity index (χ2v) is 14.0. The SMILES string of the molecule is CC(C)C(=O)C(=O)C(C)C.CC(C)C(=O)S(=O)(=O)C(C)C.CC(C)C(=O)S(=O)(=O)C(C)C. The standard InChI is InChI=1S/C8H14O2.2C7H14O3S/c1-5(2)7(9)8(10)6(3)4;2*1-5(2)7(8)11(9,10)6(3)4/h5-6H,1-4H3;2*5-6H,1-4H3. The van der Waals surface area contributed by atoms with Crippen molar-refractivity contribution < 1.29 is 36.0 Å². The van der Waals surface area contributed by atoms with Gasteiger partial charge in [0.05, 0.1) is 10.5 Å². The molecule has 0 spiro atoms. The van der Waals surface area contributed by atoms with Crippen molar-refractivity contribution in [3.8, 4) is 0 Å². The van der Waals surface area contributed by atoms with Gasteiger partial charge in [0, 0.05) is 23.7 Å². The maximum absolute atomic E-state index is 11.1. The van der Waals surface area contributed by atoms with Crippen LogP contribution in [0.2, 0.25) is 0 Å². The molecular weight excluding hydrogens is 456 g/mol. The molecule has 0 unspecified atom stereocenters. The maximum Gasteiger partial charge on any atom is 0.249 e. The molecule has 0 radical (unpaired) electrons. The second-order valence-electron chi connectivity index (χ2n) is 9.17. The number of hydrogen-bond donors (Lipinski definition) is 0. The number of hydrogen-bond acceptors (Lipinski definition) is 8. The van der Waals surface area contributed by atoms with E-state index < -0.39 is 52.2 Å². The van der Waals surface area contributed by atoms with Gasteiger partial charge in [-0.25, -0.2) is 16.8 Å². The van der Waals surface area contributed by atoms with Crippen LogP contribution in [0.3, 0.4) is 0 Å². The third-order valence-electron chi connectivity index (χ3n) is 4.04. The smallest absolute Gasteiger partial charge is 0.249 e. The normalized spacial score (nSPS) is 11.9. The van der Waals surface area contributed by atoms with E-state index in [9.17, 15) is 36.0 Å². The van der Waals surface area contributed by atoms with E-state index in [0.717, 1.165) is 0 Å².